The molecule has 2 aromatic rings. The maximum Gasteiger partial charge on any atom is 0.325 e. The van der Waals surface area contributed by atoms with Crippen LogP contribution in [0.1, 0.15) is 29.2 Å². The molecule has 0 bridgehead atoms. The molecule has 0 aliphatic rings. The lowest BCUT2D eigenvalue weighted by molar-refractivity contribution is -0.139. The molecule has 0 amide bonds. The average Bonchev–Trinajstić information content (AvgIpc) is 2.48. The summed E-state index contributed by atoms with van der Waals surface area (Å²) < 4.78 is 24.9. The Morgan fingerprint density at radius 1 is 1.00 bits per heavy atom. The van der Waals surface area contributed by atoms with Crippen molar-refractivity contribution in [3.63, 3.8) is 0 Å². The first-order chi connectivity index (χ1) is 10.1. The lowest BCUT2D eigenvalue weighted by Gasteiger charge is -2.15. The van der Waals surface area contributed by atoms with E-state index >= 15 is 0 Å². The van der Waals surface area contributed by atoms with Gasteiger partial charge in [-0.2, -0.15) is 0 Å². The summed E-state index contributed by atoms with van der Waals surface area (Å²) in [6.07, 6.45) is -2.50. The molecule has 110 valence electrons. The maximum absolute atomic E-state index is 12.4. The van der Waals surface area contributed by atoms with Crippen LogP contribution in [0, 0.1) is 0 Å². The number of aliphatic carboxylic acids is 1. The van der Waals surface area contributed by atoms with Gasteiger partial charge in [0.2, 0.25) is 0 Å². The minimum Gasteiger partial charge on any atom is -0.480 e. The molecule has 0 fully saturated rings. The number of benzene rings is 2. The van der Waals surface area contributed by atoms with Gasteiger partial charge >= 0.3 is 5.97 Å². The molecule has 0 radical (unpaired) electrons. The molecule has 0 aliphatic carbocycles. The molecule has 1 atom stereocenters. The molecule has 0 aromatic heterocycles. The second kappa shape index (κ2) is 6.95. The summed E-state index contributed by atoms with van der Waals surface area (Å²) in [5.74, 6) is -0.981. The van der Waals surface area contributed by atoms with Crippen molar-refractivity contribution in [2.24, 2.45) is 0 Å². The molecule has 0 aliphatic heterocycles. The molecular formula is C16H15F2NO2. The molecule has 0 saturated heterocycles. The Morgan fingerprint density at radius 3 is 2.14 bits per heavy atom. The average molecular weight is 291 g/mol. The molecule has 5 heteroatoms. The lowest BCUT2D eigenvalue weighted by Crippen LogP contribution is -2.28. The van der Waals surface area contributed by atoms with Gasteiger partial charge in [0.1, 0.15) is 6.04 Å². The van der Waals surface area contributed by atoms with Crippen LogP contribution >= 0.6 is 0 Å². The standard InChI is InChI=1S/C16H15F2NO2/c17-15(18)13-8-6-11(7-9-13)10-19-14(16(20)21)12-4-2-1-3-5-12/h1-9,14-15,19H,10H2,(H,20,21). The van der Waals surface area contributed by atoms with Gasteiger partial charge in [-0.25, -0.2) is 8.78 Å². The van der Waals surface area contributed by atoms with E-state index in [4.69, 9.17) is 0 Å². The van der Waals surface area contributed by atoms with Crippen molar-refractivity contribution in [2.75, 3.05) is 0 Å². The monoisotopic (exact) mass is 291 g/mol. The van der Waals surface area contributed by atoms with E-state index in [0.717, 1.165) is 5.56 Å². The molecule has 1 unspecified atom stereocenters. The zero-order valence-corrected chi connectivity index (χ0v) is 11.2. The van der Waals surface area contributed by atoms with Crippen molar-refractivity contribution in [1.29, 1.82) is 0 Å². The fourth-order valence-electron chi connectivity index (χ4n) is 1.99. The van der Waals surface area contributed by atoms with E-state index in [1.807, 2.05) is 6.07 Å². The van der Waals surface area contributed by atoms with Crippen LogP contribution in [-0.2, 0) is 11.3 Å². The van der Waals surface area contributed by atoms with Gasteiger partial charge in [-0.3, -0.25) is 10.1 Å². The second-order valence-electron chi connectivity index (χ2n) is 4.61. The normalized spacial score (nSPS) is 12.3. The summed E-state index contributed by atoms with van der Waals surface area (Å²) >= 11 is 0. The Morgan fingerprint density at radius 2 is 1.62 bits per heavy atom. The topological polar surface area (TPSA) is 49.3 Å². The number of nitrogens with one attached hydrogen (secondary N) is 1. The van der Waals surface area contributed by atoms with Crippen LogP contribution in [0.4, 0.5) is 8.78 Å². The number of carboxylic acid groups (broad SMARTS) is 1. The molecule has 2 aromatic carbocycles. The molecule has 2 rings (SSSR count). The second-order valence-corrected chi connectivity index (χ2v) is 4.61. The first-order valence-corrected chi connectivity index (χ1v) is 6.46. The largest absolute Gasteiger partial charge is 0.480 e. The number of hydrogen-bond acceptors (Lipinski definition) is 2. The minimum atomic E-state index is -2.50. The van der Waals surface area contributed by atoms with Crippen molar-refractivity contribution >= 4 is 5.97 Å². The highest BCUT2D eigenvalue weighted by molar-refractivity contribution is 5.75. The molecular weight excluding hydrogens is 276 g/mol. The summed E-state index contributed by atoms with van der Waals surface area (Å²) in [5.41, 5.74) is 1.35. The number of halogens is 2. The van der Waals surface area contributed by atoms with Crippen molar-refractivity contribution in [3.8, 4) is 0 Å². The van der Waals surface area contributed by atoms with E-state index in [2.05, 4.69) is 5.32 Å². The third-order valence-corrected chi connectivity index (χ3v) is 3.12. The molecule has 0 heterocycles. The number of hydrogen-bond donors (Lipinski definition) is 2. The Kier molecular flexibility index (Phi) is 5.00. The molecule has 0 saturated carbocycles. The summed E-state index contributed by atoms with van der Waals surface area (Å²) in [6.45, 7) is 0.287. The highest BCUT2D eigenvalue weighted by Crippen LogP contribution is 2.19. The van der Waals surface area contributed by atoms with Crippen LogP contribution in [0.5, 0.6) is 0 Å². The third-order valence-electron chi connectivity index (χ3n) is 3.12. The first-order valence-electron chi connectivity index (χ1n) is 6.46. The predicted octanol–water partition coefficient (Wildman–Crippen LogP) is 3.54. The highest BCUT2D eigenvalue weighted by Gasteiger charge is 2.18. The van der Waals surface area contributed by atoms with Gasteiger partial charge in [0, 0.05) is 12.1 Å². The quantitative estimate of drug-likeness (QED) is 0.856. The van der Waals surface area contributed by atoms with Gasteiger partial charge in [-0.05, 0) is 11.1 Å². The van der Waals surface area contributed by atoms with Crippen molar-refractivity contribution < 1.29 is 18.7 Å². The van der Waals surface area contributed by atoms with Crippen molar-refractivity contribution in [3.05, 3.63) is 71.3 Å². The lowest BCUT2D eigenvalue weighted by atomic mass is 10.1. The summed E-state index contributed by atoms with van der Waals surface area (Å²) in [4.78, 5) is 11.3. The zero-order chi connectivity index (χ0) is 15.2. The van der Waals surface area contributed by atoms with E-state index < -0.39 is 18.4 Å². The predicted molar refractivity (Wildman–Crippen MR) is 75.1 cm³/mol. The van der Waals surface area contributed by atoms with Crippen LogP contribution in [0.2, 0.25) is 0 Å². The SMILES string of the molecule is O=C(O)C(NCc1ccc(C(F)F)cc1)c1ccccc1. The smallest absolute Gasteiger partial charge is 0.325 e. The summed E-state index contributed by atoms with van der Waals surface area (Å²) in [7, 11) is 0. The number of carbonyl (C=O) groups is 1. The zero-order valence-electron chi connectivity index (χ0n) is 11.2. The van der Waals surface area contributed by atoms with Gasteiger partial charge < -0.3 is 5.11 Å². The van der Waals surface area contributed by atoms with Gasteiger partial charge in [0.05, 0.1) is 0 Å². The fourth-order valence-corrected chi connectivity index (χ4v) is 1.99. The van der Waals surface area contributed by atoms with E-state index in [1.165, 1.54) is 12.1 Å². The van der Waals surface area contributed by atoms with E-state index in [9.17, 15) is 18.7 Å². The first kappa shape index (κ1) is 15.1. The fraction of sp³-hybridized carbons (Fsp3) is 0.188. The Balaban J connectivity index is 2.04. The van der Waals surface area contributed by atoms with Crippen molar-refractivity contribution in [1.82, 2.24) is 5.32 Å². The van der Waals surface area contributed by atoms with Crippen LogP contribution in [0.25, 0.3) is 0 Å². The van der Waals surface area contributed by atoms with Gasteiger partial charge in [-0.1, -0.05) is 54.6 Å². The molecule has 3 nitrogen and oxygen atoms in total. The Hall–Kier alpha value is -2.27. The number of carboxylic acids is 1. The summed E-state index contributed by atoms with van der Waals surface area (Å²) in [5, 5.41) is 12.2. The van der Waals surface area contributed by atoms with Crippen LogP contribution in [-0.4, -0.2) is 11.1 Å². The van der Waals surface area contributed by atoms with Crippen LogP contribution in [0.15, 0.2) is 54.6 Å². The van der Waals surface area contributed by atoms with Gasteiger partial charge in [0.15, 0.2) is 0 Å². The van der Waals surface area contributed by atoms with Crippen LogP contribution < -0.4 is 5.32 Å². The van der Waals surface area contributed by atoms with Gasteiger partial charge in [0.25, 0.3) is 6.43 Å². The van der Waals surface area contributed by atoms with Crippen molar-refractivity contribution in [2.45, 2.75) is 19.0 Å². The minimum absolute atomic E-state index is 0.0448. The molecule has 21 heavy (non-hydrogen) atoms. The van der Waals surface area contributed by atoms with Gasteiger partial charge in [-0.15, -0.1) is 0 Å². The number of rotatable bonds is 6. The maximum atomic E-state index is 12.4. The highest BCUT2D eigenvalue weighted by atomic mass is 19.3. The van der Waals surface area contributed by atoms with E-state index in [-0.39, 0.29) is 12.1 Å². The molecule has 0 spiro atoms. The Bertz CT molecular complexity index is 585. The number of alkyl halides is 2. The van der Waals surface area contributed by atoms with Crippen LogP contribution in [0.3, 0.4) is 0 Å². The molecule has 2 N–H and O–H groups in total. The van der Waals surface area contributed by atoms with E-state index in [1.54, 1.807) is 36.4 Å². The van der Waals surface area contributed by atoms with E-state index in [0.29, 0.717) is 5.56 Å². The summed E-state index contributed by atoms with van der Waals surface area (Å²) in [6, 6.07) is 13.8. The Labute approximate surface area is 121 Å². The third kappa shape index (κ3) is 4.10.